The van der Waals surface area contributed by atoms with Crippen LogP contribution in [0.15, 0.2) is 12.1 Å². The van der Waals surface area contributed by atoms with Gasteiger partial charge in [-0.1, -0.05) is 11.6 Å². The van der Waals surface area contributed by atoms with Crippen LogP contribution in [0, 0.1) is 17.8 Å². The van der Waals surface area contributed by atoms with Gasteiger partial charge in [-0.15, -0.1) is 0 Å². The zero-order valence-electron chi connectivity index (χ0n) is 11.8. The van der Waals surface area contributed by atoms with Gasteiger partial charge in [0.2, 0.25) is 0 Å². The van der Waals surface area contributed by atoms with Crippen LogP contribution in [0.5, 0.6) is 0 Å². The maximum atomic E-state index is 11.2. The number of aromatic carboxylic acids is 1. The number of nitrogens with zero attached hydrogens (tertiary/aromatic N) is 1. The van der Waals surface area contributed by atoms with E-state index in [-0.39, 0.29) is 16.3 Å². The van der Waals surface area contributed by atoms with Crippen molar-refractivity contribution in [2.24, 2.45) is 17.8 Å². The van der Waals surface area contributed by atoms with Crippen molar-refractivity contribution in [3.8, 4) is 0 Å². The number of rotatable bonds is 3. The van der Waals surface area contributed by atoms with Crippen molar-refractivity contribution in [1.82, 2.24) is 4.98 Å². The van der Waals surface area contributed by atoms with Gasteiger partial charge >= 0.3 is 5.97 Å². The van der Waals surface area contributed by atoms with E-state index < -0.39 is 5.97 Å². The van der Waals surface area contributed by atoms with Gasteiger partial charge in [0.05, 0.1) is 5.02 Å². The number of pyridine rings is 1. The van der Waals surface area contributed by atoms with Crippen LogP contribution in [0.1, 0.15) is 49.0 Å². The highest BCUT2D eigenvalue weighted by atomic mass is 35.5. The van der Waals surface area contributed by atoms with Gasteiger partial charge in [0.25, 0.3) is 0 Å². The Morgan fingerprint density at radius 1 is 1.19 bits per heavy atom. The lowest BCUT2D eigenvalue weighted by Gasteiger charge is -2.57. The summed E-state index contributed by atoms with van der Waals surface area (Å²) < 4.78 is 0. The fourth-order valence-electron chi connectivity index (χ4n) is 5.20. The summed E-state index contributed by atoms with van der Waals surface area (Å²) in [5, 5.41) is 12.9. The smallest absolute Gasteiger partial charge is 0.356 e. The molecule has 1 heterocycles. The van der Waals surface area contributed by atoms with Crippen molar-refractivity contribution < 1.29 is 9.90 Å². The third-order valence-corrected chi connectivity index (χ3v) is 5.79. The van der Waals surface area contributed by atoms with Gasteiger partial charge in [0.15, 0.2) is 5.69 Å². The molecule has 0 radical (unpaired) electrons. The average molecular weight is 307 g/mol. The Kier molecular flexibility index (Phi) is 2.93. The number of nitrogens with one attached hydrogen (secondary N) is 1. The van der Waals surface area contributed by atoms with Crippen LogP contribution in [0.2, 0.25) is 5.02 Å². The topological polar surface area (TPSA) is 62.2 Å². The summed E-state index contributed by atoms with van der Waals surface area (Å²) in [5.74, 6) is 2.10. The van der Waals surface area contributed by atoms with E-state index in [2.05, 4.69) is 10.3 Å². The Hall–Kier alpha value is -1.29. The van der Waals surface area contributed by atoms with E-state index in [1.807, 2.05) is 0 Å². The number of anilines is 1. The maximum absolute atomic E-state index is 11.2. The lowest BCUT2D eigenvalue weighted by Crippen LogP contribution is -2.54. The highest BCUT2D eigenvalue weighted by molar-refractivity contribution is 6.33. The van der Waals surface area contributed by atoms with Crippen molar-refractivity contribution in [1.29, 1.82) is 0 Å². The summed E-state index contributed by atoms with van der Waals surface area (Å²) in [6.07, 6.45) is 7.75. The fourth-order valence-corrected chi connectivity index (χ4v) is 5.38. The molecule has 4 nitrogen and oxygen atoms in total. The third-order valence-electron chi connectivity index (χ3n) is 5.48. The molecule has 21 heavy (non-hydrogen) atoms. The molecular weight excluding hydrogens is 288 g/mol. The van der Waals surface area contributed by atoms with Crippen molar-refractivity contribution in [2.45, 2.75) is 44.1 Å². The molecule has 4 saturated carbocycles. The molecule has 0 aliphatic heterocycles. The molecule has 1 aromatic rings. The van der Waals surface area contributed by atoms with Crippen LogP contribution in [0.25, 0.3) is 0 Å². The zero-order valence-corrected chi connectivity index (χ0v) is 12.6. The second-order valence-electron chi connectivity index (χ2n) is 7.15. The van der Waals surface area contributed by atoms with Crippen LogP contribution in [0.4, 0.5) is 5.82 Å². The number of carboxylic acid groups (broad SMARTS) is 1. The molecule has 0 saturated heterocycles. The molecule has 0 aromatic carbocycles. The number of carboxylic acids is 1. The molecule has 4 aliphatic carbocycles. The quantitative estimate of drug-likeness (QED) is 0.891. The number of aromatic nitrogens is 1. The van der Waals surface area contributed by atoms with E-state index in [9.17, 15) is 4.79 Å². The number of hydrogen-bond donors (Lipinski definition) is 2. The second kappa shape index (κ2) is 4.60. The summed E-state index contributed by atoms with van der Waals surface area (Å²) in [6.45, 7) is 0. The van der Waals surface area contributed by atoms with Crippen molar-refractivity contribution in [3.63, 3.8) is 0 Å². The number of hydrogen-bond acceptors (Lipinski definition) is 3. The largest absolute Gasteiger partial charge is 0.476 e. The first-order valence-electron chi connectivity index (χ1n) is 7.71. The van der Waals surface area contributed by atoms with Gasteiger partial charge in [-0.05, 0) is 68.4 Å². The van der Waals surface area contributed by atoms with Crippen LogP contribution in [-0.4, -0.2) is 21.6 Å². The Morgan fingerprint density at radius 3 is 2.29 bits per heavy atom. The Labute approximate surface area is 128 Å². The Bertz CT molecular complexity index is 567. The summed E-state index contributed by atoms with van der Waals surface area (Å²) in [5.41, 5.74) is 0.0668. The van der Waals surface area contributed by atoms with E-state index in [0.717, 1.165) is 17.8 Å². The first-order valence-corrected chi connectivity index (χ1v) is 8.09. The summed E-state index contributed by atoms with van der Waals surface area (Å²) in [4.78, 5) is 15.4. The van der Waals surface area contributed by atoms with Gasteiger partial charge in [0, 0.05) is 5.54 Å². The van der Waals surface area contributed by atoms with Gasteiger partial charge in [-0.3, -0.25) is 0 Å². The van der Waals surface area contributed by atoms with Crippen LogP contribution in [-0.2, 0) is 0 Å². The van der Waals surface area contributed by atoms with Gasteiger partial charge in [0.1, 0.15) is 5.82 Å². The molecule has 0 atom stereocenters. The predicted octanol–water partition coefficient (Wildman–Crippen LogP) is 3.81. The minimum absolute atomic E-state index is 0.0635. The second-order valence-corrected chi connectivity index (χ2v) is 7.56. The van der Waals surface area contributed by atoms with Crippen molar-refractivity contribution in [3.05, 3.63) is 22.8 Å². The van der Waals surface area contributed by atoms with Gasteiger partial charge in [-0.2, -0.15) is 0 Å². The lowest BCUT2D eigenvalue weighted by atomic mass is 9.53. The molecule has 5 rings (SSSR count). The zero-order chi connectivity index (χ0) is 14.6. The standard InChI is InChI=1S/C16H19ClN2O2/c17-12-1-2-13(18-14(12)15(20)21)19-16-6-9-3-10(7-16)5-11(4-9)8-16/h1-2,9-11H,3-8H2,(H,18,19)(H,20,21). The van der Waals surface area contributed by atoms with Crippen LogP contribution >= 0.6 is 11.6 Å². The van der Waals surface area contributed by atoms with Crippen molar-refractivity contribution >= 4 is 23.4 Å². The van der Waals surface area contributed by atoms with E-state index >= 15 is 0 Å². The first-order chi connectivity index (χ1) is 10.0. The molecule has 4 aliphatic rings. The molecule has 4 fully saturated rings. The molecule has 0 spiro atoms. The summed E-state index contributed by atoms with van der Waals surface area (Å²) in [6, 6.07) is 3.42. The third kappa shape index (κ3) is 2.30. The SMILES string of the molecule is O=C(O)c1nc(NC23CC4CC(CC(C4)C2)C3)ccc1Cl. The van der Waals surface area contributed by atoms with E-state index in [1.165, 1.54) is 38.5 Å². The van der Waals surface area contributed by atoms with Crippen molar-refractivity contribution in [2.75, 3.05) is 5.32 Å². The maximum Gasteiger partial charge on any atom is 0.356 e. The minimum atomic E-state index is -1.07. The molecule has 5 heteroatoms. The molecule has 0 amide bonds. The number of halogens is 1. The highest BCUT2D eigenvalue weighted by Crippen LogP contribution is 2.56. The van der Waals surface area contributed by atoms with Gasteiger partial charge in [-0.25, -0.2) is 9.78 Å². The first kappa shape index (κ1) is 13.4. The Morgan fingerprint density at radius 2 is 1.76 bits per heavy atom. The fraction of sp³-hybridized carbons (Fsp3) is 0.625. The molecule has 112 valence electrons. The van der Waals surface area contributed by atoms with E-state index in [4.69, 9.17) is 16.7 Å². The molecule has 2 N–H and O–H groups in total. The molecular formula is C16H19ClN2O2. The average Bonchev–Trinajstić information content (AvgIpc) is 2.38. The summed E-state index contributed by atoms with van der Waals surface area (Å²) in [7, 11) is 0. The number of carbonyl (C=O) groups is 1. The van der Waals surface area contributed by atoms with Crippen LogP contribution < -0.4 is 5.32 Å². The molecule has 0 unspecified atom stereocenters. The monoisotopic (exact) mass is 306 g/mol. The highest BCUT2D eigenvalue weighted by Gasteiger charge is 2.51. The lowest BCUT2D eigenvalue weighted by molar-refractivity contribution is 0.0105. The van der Waals surface area contributed by atoms with Gasteiger partial charge < -0.3 is 10.4 Å². The predicted molar refractivity (Wildman–Crippen MR) is 80.7 cm³/mol. The van der Waals surface area contributed by atoms with E-state index in [0.29, 0.717) is 5.82 Å². The molecule has 4 bridgehead atoms. The summed E-state index contributed by atoms with van der Waals surface area (Å²) >= 11 is 5.90. The molecule has 1 aromatic heterocycles. The Balaban J connectivity index is 1.61. The van der Waals surface area contributed by atoms with E-state index in [1.54, 1.807) is 12.1 Å². The minimum Gasteiger partial charge on any atom is -0.476 e. The normalized spacial score (nSPS) is 36.7. The van der Waals surface area contributed by atoms with Crippen LogP contribution in [0.3, 0.4) is 0 Å².